The lowest BCUT2D eigenvalue weighted by Gasteiger charge is -2.29. The van der Waals surface area contributed by atoms with Crippen molar-refractivity contribution in [1.82, 2.24) is 5.32 Å². The van der Waals surface area contributed by atoms with Crippen LogP contribution in [0, 0.1) is 5.82 Å². The fourth-order valence-corrected chi connectivity index (χ4v) is 3.84. The van der Waals surface area contributed by atoms with Gasteiger partial charge >= 0.3 is 0 Å². The zero-order chi connectivity index (χ0) is 19.0. The Hall–Kier alpha value is -2.10. The molecule has 2 amide bonds. The number of anilines is 1. The number of aromatic hydroxyl groups is 1. The highest BCUT2D eigenvalue weighted by molar-refractivity contribution is 9.11. The molecule has 1 aliphatic rings. The molecule has 3 rings (SSSR count). The number of benzene rings is 2. The van der Waals surface area contributed by atoms with Crippen LogP contribution in [-0.4, -0.2) is 22.0 Å². The van der Waals surface area contributed by atoms with Crippen molar-refractivity contribution in [1.29, 1.82) is 0 Å². The van der Waals surface area contributed by atoms with Crippen LogP contribution in [0.15, 0.2) is 50.9 Å². The van der Waals surface area contributed by atoms with Crippen LogP contribution in [0.2, 0.25) is 0 Å². The number of carbonyl (C=O) groups is 2. The first kappa shape index (κ1) is 18.7. The molecular formula is C17H9Br2FN2O3S. The summed E-state index contributed by atoms with van der Waals surface area (Å²) in [6.07, 6.45) is 1.34. The summed E-state index contributed by atoms with van der Waals surface area (Å²) < 4.78 is 14.9. The minimum absolute atomic E-state index is 0.0132. The number of hydrogen-bond acceptors (Lipinski definition) is 4. The molecule has 26 heavy (non-hydrogen) atoms. The van der Waals surface area contributed by atoms with Gasteiger partial charge in [0.05, 0.1) is 14.6 Å². The molecule has 1 saturated heterocycles. The number of nitrogens with zero attached hydrogens (tertiary/aromatic N) is 1. The van der Waals surface area contributed by atoms with E-state index in [-0.39, 0.29) is 22.1 Å². The fourth-order valence-electron chi connectivity index (χ4n) is 2.34. The van der Waals surface area contributed by atoms with Gasteiger partial charge in [-0.1, -0.05) is 12.1 Å². The van der Waals surface area contributed by atoms with E-state index in [1.54, 1.807) is 6.07 Å². The number of hydrogen-bond donors (Lipinski definition) is 2. The third kappa shape index (κ3) is 3.42. The van der Waals surface area contributed by atoms with E-state index in [2.05, 4.69) is 37.2 Å². The van der Waals surface area contributed by atoms with Crippen LogP contribution in [0.4, 0.5) is 10.1 Å². The Morgan fingerprint density at radius 3 is 2.38 bits per heavy atom. The van der Waals surface area contributed by atoms with Crippen molar-refractivity contribution >= 4 is 72.8 Å². The summed E-state index contributed by atoms with van der Waals surface area (Å²) in [4.78, 5) is 26.0. The molecule has 0 atom stereocenters. The SMILES string of the molecule is O=C1NC(=S)N(c2ccccc2F)C(=O)/C1=C/c1cc(Br)c(O)c(Br)c1. The lowest BCUT2D eigenvalue weighted by molar-refractivity contribution is -0.122. The summed E-state index contributed by atoms with van der Waals surface area (Å²) in [6.45, 7) is 0. The molecule has 1 aliphatic heterocycles. The maximum absolute atomic E-state index is 14.1. The number of rotatable bonds is 2. The third-order valence-electron chi connectivity index (χ3n) is 3.55. The van der Waals surface area contributed by atoms with Gasteiger partial charge in [-0.25, -0.2) is 9.29 Å². The van der Waals surface area contributed by atoms with Gasteiger partial charge in [0.25, 0.3) is 11.8 Å². The maximum atomic E-state index is 14.1. The molecule has 2 N–H and O–H groups in total. The molecule has 9 heteroatoms. The number of amides is 2. The molecule has 5 nitrogen and oxygen atoms in total. The van der Waals surface area contributed by atoms with Crippen LogP contribution in [0.3, 0.4) is 0 Å². The van der Waals surface area contributed by atoms with Crippen LogP contribution >= 0.6 is 44.1 Å². The van der Waals surface area contributed by atoms with Gasteiger partial charge in [-0.05, 0) is 80.0 Å². The van der Waals surface area contributed by atoms with Crippen LogP contribution in [0.5, 0.6) is 5.75 Å². The zero-order valence-corrected chi connectivity index (χ0v) is 16.8. The first-order chi connectivity index (χ1) is 12.3. The molecule has 1 fully saturated rings. The lowest BCUT2D eigenvalue weighted by atomic mass is 10.1. The van der Waals surface area contributed by atoms with Crippen LogP contribution in [0.1, 0.15) is 5.56 Å². The van der Waals surface area contributed by atoms with Crippen LogP contribution in [0.25, 0.3) is 6.08 Å². The Bertz CT molecular complexity index is 971. The van der Waals surface area contributed by atoms with Crippen molar-refractivity contribution < 1.29 is 19.1 Å². The number of phenolic OH excluding ortho intramolecular Hbond substituents is 1. The number of thiocarbonyl (C=S) groups is 1. The van der Waals surface area contributed by atoms with Crippen molar-refractivity contribution in [2.45, 2.75) is 0 Å². The van der Waals surface area contributed by atoms with Crippen LogP contribution < -0.4 is 10.2 Å². The number of phenols is 1. The Kier molecular flexibility index (Phi) is 5.22. The van der Waals surface area contributed by atoms with E-state index < -0.39 is 17.6 Å². The minimum Gasteiger partial charge on any atom is -0.506 e. The predicted molar refractivity (Wildman–Crippen MR) is 106 cm³/mol. The second-order valence-corrected chi connectivity index (χ2v) is 7.34. The molecule has 0 saturated carbocycles. The van der Waals surface area contributed by atoms with E-state index in [0.29, 0.717) is 14.5 Å². The average molecular weight is 500 g/mol. The van der Waals surface area contributed by atoms with Gasteiger partial charge in [0.15, 0.2) is 5.11 Å². The molecule has 0 aliphatic carbocycles. The second kappa shape index (κ2) is 7.26. The molecule has 1 heterocycles. The standard InChI is InChI=1S/C17H9Br2FN2O3S/c18-10-6-8(7-11(19)14(10)23)5-9-15(24)21-17(26)22(16(9)25)13-4-2-1-3-12(13)20/h1-7,23H,(H,21,24,26)/b9-5+. The molecule has 0 radical (unpaired) electrons. The molecular weight excluding hydrogens is 491 g/mol. The molecule has 0 aromatic heterocycles. The number of para-hydroxylation sites is 1. The highest BCUT2D eigenvalue weighted by atomic mass is 79.9. The number of carbonyl (C=O) groups excluding carboxylic acids is 2. The second-order valence-electron chi connectivity index (χ2n) is 5.24. The van der Waals surface area contributed by atoms with Crippen molar-refractivity contribution in [2.24, 2.45) is 0 Å². The van der Waals surface area contributed by atoms with E-state index in [1.807, 2.05) is 0 Å². The van der Waals surface area contributed by atoms with Gasteiger partial charge in [-0.3, -0.25) is 14.9 Å². The van der Waals surface area contributed by atoms with E-state index in [0.717, 1.165) is 4.90 Å². The third-order valence-corrected chi connectivity index (χ3v) is 5.04. The summed E-state index contributed by atoms with van der Waals surface area (Å²) >= 11 is 11.4. The van der Waals surface area contributed by atoms with Gasteiger partial charge in [0.2, 0.25) is 0 Å². The van der Waals surface area contributed by atoms with E-state index in [1.165, 1.54) is 36.4 Å². The smallest absolute Gasteiger partial charge is 0.270 e. The van der Waals surface area contributed by atoms with E-state index >= 15 is 0 Å². The monoisotopic (exact) mass is 498 g/mol. The molecule has 0 unspecified atom stereocenters. The highest BCUT2D eigenvalue weighted by Crippen LogP contribution is 2.34. The highest BCUT2D eigenvalue weighted by Gasteiger charge is 2.35. The van der Waals surface area contributed by atoms with Gasteiger partial charge in [0, 0.05) is 0 Å². The predicted octanol–water partition coefficient (Wildman–Crippen LogP) is 3.89. The van der Waals surface area contributed by atoms with Crippen molar-refractivity contribution in [2.75, 3.05) is 4.90 Å². The van der Waals surface area contributed by atoms with Crippen molar-refractivity contribution in [3.63, 3.8) is 0 Å². The Balaban J connectivity index is 2.07. The molecule has 0 spiro atoms. The van der Waals surface area contributed by atoms with Gasteiger partial charge in [-0.15, -0.1) is 0 Å². The maximum Gasteiger partial charge on any atom is 0.270 e. The average Bonchev–Trinajstić information content (AvgIpc) is 2.58. The van der Waals surface area contributed by atoms with Gasteiger partial charge < -0.3 is 5.11 Å². The molecule has 132 valence electrons. The lowest BCUT2D eigenvalue weighted by Crippen LogP contribution is -2.54. The minimum atomic E-state index is -0.746. The quantitative estimate of drug-likeness (QED) is 0.373. The largest absolute Gasteiger partial charge is 0.506 e. The fraction of sp³-hybridized carbons (Fsp3) is 0. The topological polar surface area (TPSA) is 69.6 Å². The molecule has 2 aromatic rings. The van der Waals surface area contributed by atoms with E-state index in [9.17, 15) is 19.1 Å². The molecule has 0 bridgehead atoms. The first-order valence-corrected chi connectivity index (χ1v) is 9.13. The summed E-state index contributed by atoms with van der Waals surface area (Å²) in [6, 6.07) is 8.70. The summed E-state index contributed by atoms with van der Waals surface area (Å²) in [5, 5.41) is 12.0. The number of nitrogens with one attached hydrogen (secondary N) is 1. The summed E-state index contributed by atoms with van der Waals surface area (Å²) in [7, 11) is 0. The van der Waals surface area contributed by atoms with Crippen molar-refractivity contribution in [3.8, 4) is 5.75 Å². The summed E-state index contributed by atoms with van der Waals surface area (Å²) in [5.74, 6) is -2.09. The van der Waals surface area contributed by atoms with Gasteiger partial charge in [-0.2, -0.15) is 0 Å². The van der Waals surface area contributed by atoms with E-state index in [4.69, 9.17) is 12.2 Å². The van der Waals surface area contributed by atoms with Crippen molar-refractivity contribution in [3.05, 3.63) is 62.3 Å². The van der Waals surface area contributed by atoms with Gasteiger partial charge in [0.1, 0.15) is 17.1 Å². The Morgan fingerprint density at radius 1 is 1.15 bits per heavy atom. The summed E-state index contributed by atoms with van der Waals surface area (Å²) in [5.41, 5.74) is 0.203. The zero-order valence-electron chi connectivity index (χ0n) is 12.8. The molecule has 2 aromatic carbocycles. The first-order valence-electron chi connectivity index (χ1n) is 7.13. The number of halogens is 3. The Labute approximate surface area is 169 Å². The normalized spacial score (nSPS) is 16.2. The van der Waals surface area contributed by atoms with Crippen LogP contribution in [-0.2, 0) is 9.59 Å². The Morgan fingerprint density at radius 2 is 1.77 bits per heavy atom.